The lowest BCUT2D eigenvalue weighted by Gasteiger charge is -1.95. The molecule has 0 spiro atoms. The van der Waals surface area contributed by atoms with E-state index in [1.165, 1.54) is 36.5 Å². The molecule has 0 saturated carbocycles. The number of hydrogen-bond donors (Lipinski definition) is 0. The molecule has 0 bridgehead atoms. The first-order chi connectivity index (χ1) is 15.4. The van der Waals surface area contributed by atoms with Crippen LogP contribution in [0.5, 0.6) is 0 Å². The van der Waals surface area contributed by atoms with Crippen molar-refractivity contribution in [1.29, 1.82) is 0 Å². The van der Waals surface area contributed by atoms with Gasteiger partial charge in [-0.1, -0.05) is 18.7 Å². The summed E-state index contributed by atoms with van der Waals surface area (Å²) in [6.07, 6.45) is 2.82. The summed E-state index contributed by atoms with van der Waals surface area (Å²) in [5, 5.41) is 14.0. The van der Waals surface area contributed by atoms with Crippen LogP contribution < -0.4 is 0 Å². The predicted octanol–water partition coefficient (Wildman–Crippen LogP) is 4.21. The van der Waals surface area contributed by atoms with Gasteiger partial charge < -0.3 is 8.83 Å². The minimum Gasteiger partial charge on any atom is -0.415 e. The Kier molecular flexibility index (Phi) is 7.75. The summed E-state index contributed by atoms with van der Waals surface area (Å²) in [6, 6.07) is 0. The third-order valence-corrected chi connectivity index (χ3v) is 4.16. The molecule has 32 heavy (non-hydrogen) atoms. The lowest BCUT2D eigenvalue weighted by molar-refractivity contribution is 0.115. The Balaban J connectivity index is 0.000000181. The van der Waals surface area contributed by atoms with Crippen molar-refractivity contribution in [3.05, 3.63) is 42.4 Å². The number of halogens is 4. The molecule has 0 fully saturated rings. The third-order valence-electron chi connectivity index (χ3n) is 3.58. The zero-order chi connectivity index (χ0) is 23.1. The molecule has 0 aliphatic rings. The van der Waals surface area contributed by atoms with Crippen LogP contribution in [0.1, 0.15) is 37.4 Å². The Labute approximate surface area is 182 Å². The van der Waals surface area contributed by atoms with E-state index in [9.17, 15) is 17.6 Å². The van der Waals surface area contributed by atoms with Crippen molar-refractivity contribution in [2.24, 2.45) is 0 Å². The molecule has 15 heteroatoms. The molecule has 4 heterocycles. The SMILES string of the molecule is CCc1ncc(-c2nnc(C(F)F)o2)cn1.CSc1ncc(-c2nnc(C(F)F)o2)cn1. The first-order valence-electron chi connectivity index (χ1n) is 8.82. The molecule has 0 aliphatic carbocycles. The van der Waals surface area contributed by atoms with Crippen molar-refractivity contribution in [1.82, 2.24) is 40.3 Å². The van der Waals surface area contributed by atoms with Gasteiger partial charge in [-0.15, -0.1) is 20.4 Å². The van der Waals surface area contributed by atoms with Crippen molar-refractivity contribution in [2.45, 2.75) is 31.4 Å². The summed E-state index contributed by atoms with van der Waals surface area (Å²) in [5.41, 5.74) is 0.841. The number of alkyl halides is 4. The highest BCUT2D eigenvalue weighted by molar-refractivity contribution is 7.98. The number of aromatic nitrogens is 8. The smallest absolute Gasteiger partial charge is 0.314 e. The van der Waals surface area contributed by atoms with Crippen LogP contribution in [0.15, 0.2) is 38.8 Å². The van der Waals surface area contributed by atoms with Crippen molar-refractivity contribution in [3.8, 4) is 22.9 Å². The molecule has 4 aromatic heterocycles. The molecular weight excluding hydrogens is 456 g/mol. The maximum Gasteiger partial charge on any atom is 0.314 e. The molecule has 168 valence electrons. The fourth-order valence-electron chi connectivity index (χ4n) is 2.06. The molecule has 0 atom stereocenters. The van der Waals surface area contributed by atoms with Gasteiger partial charge in [0.2, 0.25) is 0 Å². The van der Waals surface area contributed by atoms with Crippen LogP contribution in [-0.2, 0) is 6.42 Å². The van der Waals surface area contributed by atoms with Gasteiger partial charge in [0, 0.05) is 31.2 Å². The second kappa shape index (κ2) is 10.7. The first-order valence-corrected chi connectivity index (χ1v) is 10.0. The van der Waals surface area contributed by atoms with Crippen LogP contribution in [0.2, 0.25) is 0 Å². The number of hydrogen-bond acceptors (Lipinski definition) is 11. The Morgan fingerprint density at radius 2 is 1.19 bits per heavy atom. The van der Waals surface area contributed by atoms with E-state index in [4.69, 9.17) is 8.83 Å². The van der Waals surface area contributed by atoms with Crippen LogP contribution in [-0.4, -0.2) is 46.6 Å². The highest BCUT2D eigenvalue weighted by Crippen LogP contribution is 2.23. The Hall–Kier alpha value is -3.49. The summed E-state index contributed by atoms with van der Waals surface area (Å²) in [7, 11) is 0. The lowest BCUT2D eigenvalue weighted by Crippen LogP contribution is -1.92. The monoisotopic (exact) mass is 470 g/mol. The fraction of sp³-hybridized carbons (Fsp3) is 0.294. The van der Waals surface area contributed by atoms with Crippen LogP contribution >= 0.6 is 11.8 Å². The molecule has 0 amide bonds. The minimum atomic E-state index is -2.77. The van der Waals surface area contributed by atoms with Crippen molar-refractivity contribution < 1.29 is 26.4 Å². The van der Waals surface area contributed by atoms with E-state index < -0.39 is 24.6 Å². The quantitative estimate of drug-likeness (QED) is 0.228. The number of thioether (sulfide) groups is 1. The average molecular weight is 470 g/mol. The van der Waals surface area contributed by atoms with Crippen LogP contribution in [0, 0.1) is 0 Å². The van der Waals surface area contributed by atoms with Gasteiger partial charge in [0.25, 0.3) is 23.6 Å². The van der Waals surface area contributed by atoms with Gasteiger partial charge in [0.05, 0.1) is 11.1 Å². The van der Waals surface area contributed by atoms with Crippen molar-refractivity contribution in [2.75, 3.05) is 6.26 Å². The average Bonchev–Trinajstić information content (AvgIpc) is 3.50. The van der Waals surface area contributed by atoms with E-state index >= 15 is 0 Å². The maximum atomic E-state index is 12.2. The molecule has 0 unspecified atom stereocenters. The van der Waals surface area contributed by atoms with E-state index in [1.54, 1.807) is 0 Å². The Bertz CT molecular complexity index is 1030. The number of aryl methyl sites for hydroxylation is 1. The summed E-state index contributed by atoms with van der Waals surface area (Å²) in [6.45, 7) is 1.91. The highest BCUT2D eigenvalue weighted by Gasteiger charge is 2.18. The van der Waals surface area contributed by atoms with Crippen LogP contribution in [0.25, 0.3) is 22.9 Å². The topological polar surface area (TPSA) is 129 Å². The van der Waals surface area contributed by atoms with Crippen LogP contribution in [0.4, 0.5) is 17.6 Å². The second-order valence-electron chi connectivity index (χ2n) is 5.69. The van der Waals surface area contributed by atoms with Crippen molar-refractivity contribution >= 4 is 11.8 Å². The molecule has 0 saturated heterocycles. The van der Waals surface area contributed by atoms with Gasteiger partial charge in [-0.2, -0.15) is 17.6 Å². The summed E-state index contributed by atoms with van der Waals surface area (Å²) >= 11 is 1.37. The van der Waals surface area contributed by atoms with E-state index in [1.807, 2.05) is 13.2 Å². The van der Waals surface area contributed by atoms with Crippen LogP contribution in [0.3, 0.4) is 0 Å². The maximum absolute atomic E-state index is 12.2. The zero-order valence-electron chi connectivity index (χ0n) is 16.5. The molecule has 0 aliphatic heterocycles. The molecule has 4 rings (SSSR count). The highest BCUT2D eigenvalue weighted by atomic mass is 32.2. The van der Waals surface area contributed by atoms with E-state index in [-0.39, 0.29) is 11.8 Å². The number of rotatable bonds is 6. The van der Waals surface area contributed by atoms with Gasteiger partial charge >= 0.3 is 12.9 Å². The van der Waals surface area contributed by atoms with Gasteiger partial charge in [0.15, 0.2) is 5.16 Å². The molecule has 0 aromatic carbocycles. The Morgan fingerprint density at radius 3 is 1.53 bits per heavy atom. The molecule has 0 N–H and O–H groups in total. The summed E-state index contributed by atoms with van der Waals surface area (Å²) < 4.78 is 58.2. The van der Waals surface area contributed by atoms with Crippen molar-refractivity contribution in [3.63, 3.8) is 0 Å². The van der Waals surface area contributed by atoms with Gasteiger partial charge in [-0.25, -0.2) is 19.9 Å². The predicted molar refractivity (Wildman–Crippen MR) is 102 cm³/mol. The molecule has 4 aromatic rings. The third kappa shape index (κ3) is 5.81. The molecular formula is C17H14F4N8O2S. The van der Waals surface area contributed by atoms with Gasteiger partial charge in [-0.3, -0.25) is 0 Å². The standard InChI is InChI=1S/C9H8F2N4O.C8H6F2N4OS/c1-2-6-12-3-5(4-13-6)8-14-15-9(16-8)7(10)11;1-16-8-11-2-4(3-12-8)6-13-14-7(15-6)5(9)10/h3-4,7H,2H2,1H3;2-3,5H,1H3. The summed E-state index contributed by atoms with van der Waals surface area (Å²) in [4.78, 5) is 15.9. The van der Waals surface area contributed by atoms with Gasteiger partial charge in [-0.05, 0) is 6.26 Å². The number of nitrogens with zero attached hydrogens (tertiary/aromatic N) is 8. The molecule has 10 nitrogen and oxygen atoms in total. The fourth-order valence-corrected chi connectivity index (χ4v) is 2.37. The normalized spacial score (nSPS) is 11.0. The largest absolute Gasteiger partial charge is 0.415 e. The summed E-state index contributed by atoms with van der Waals surface area (Å²) in [5.74, 6) is -0.753. The van der Waals surface area contributed by atoms with E-state index in [0.717, 1.165) is 0 Å². The minimum absolute atomic E-state index is 0.00190. The van der Waals surface area contributed by atoms with E-state index in [0.29, 0.717) is 28.5 Å². The lowest BCUT2D eigenvalue weighted by atomic mass is 10.3. The zero-order valence-corrected chi connectivity index (χ0v) is 17.3. The van der Waals surface area contributed by atoms with E-state index in [2.05, 4.69) is 40.3 Å². The van der Waals surface area contributed by atoms with Gasteiger partial charge in [0.1, 0.15) is 5.82 Å². The first kappa shape index (κ1) is 23.2. The molecule has 0 radical (unpaired) electrons. The second-order valence-corrected chi connectivity index (χ2v) is 6.47. The Morgan fingerprint density at radius 1 is 0.750 bits per heavy atom.